The van der Waals surface area contributed by atoms with Crippen molar-refractivity contribution in [3.05, 3.63) is 11.1 Å². The molecule has 8 heteroatoms. The van der Waals surface area contributed by atoms with E-state index >= 15 is 0 Å². The van der Waals surface area contributed by atoms with E-state index < -0.39 is 0 Å². The molecule has 0 radical (unpaired) electrons. The van der Waals surface area contributed by atoms with E-state index in [-0.39, 0.29) is 11.4 Å². The maximum Gasteiger partial charge on any atom is 0.174 e. The van der Waals surface area contributed by atoms with Crippen molar-refractivity contribution >= 4 is 23.9 Å². The van der Waals surface area contributed by atoms with E-state index in [0.717, 1.165) is 16.5 Å². The number of hydrogen-bond donors (Lipinski definition) is 2. The second-order valence-electron chi connectivity index (χ2n) is 2.21. The zero-order valence-corrected chi connectivity index (χ0v) is 8.27. The first-order valence-electron chi connectivity index (χ1n) is 3.77. The molecule has 0 spiro atoms. The average molecular weight is 218 g/mol. The number of carbonyl (C=O) groups is 1. The highest BCUT2D eigenvalue weighted by molar-refractivity contribution is 8.00. The number of allylic oxidation sites excluding steroid dienone is 1. The number of carbonyl (C=O) groups excluding carboxylic acids is 1. The molecule has 1 heterocycles. The molecule has 1 aliphatic heterocycles. The van der Waals surface area contributed by atoms with Gasteiger partial charge in [0.2, 0.25) is 0 Å². The molecule has 78 valence electrons. The maximum atomic E-state index is 10.6. The van der Waals surface area contributed by atoms with Crippen molar-refractivity contribution in [2.24, 2.45) is 11.0 Å². The fourth-order valence-corrected chi connectivity index (χ4v) is 1.33. The van der Waals surface area contributed by atoms with Crippen molar-refractivity contribution in [2.45, 2.75) is 6.92 Å². The van der Waals surface area contributed by atoms with Gasteiger partial charge in [0, 0.05) is 5.41 Å². The van der Waals surface area contributed by atoms with Gasteiger partial charge >= 0.3 is 0 Å². The van der Waals surface area contributed by atoms with Crippen LogP contribution in [0.5, 0.6) is 0 Å². The lowest BCUT2D eigenvalue weighted by atomic mass is 10.3. The van der Waals surface area contributed by atoms with E-state index in [1.165, 1.54) is 5.41 Å². The van der Waals surface area contributed by atoms with Gasteiger partial charge in [-0.05, 0) is 18.9 Å². The number of hydroxylamine groups is 1. The Morgan fingerprint density at radius 3 is 3.07 bits per heavy atom. The summed E-state index contributed by atoms with van der Waals surface area (Å²) in [6.45, 7) is 2.07. The molecule has 0 aromatic heterocycles. The molecule has 7 nitrogen and oxygen atoms in total. The Morgan fingerprint density at radius 1 is 1.93 bits per heavy atom. The molecule has 0 aromatic rings. The van der Waals surface area contributed by atoms with Crippen LogP contribution >= 0.6 is 11.9 Å². The standard InChI is InChI=1S/C6H10N4O3S/c1-2-13-8-5(3-11)6-4-14-10(7)9(6)12/h3-4,12H,2,7H2,1H3/b8-5+. The Bertz CT molecular complexity index is 280. The Kier molecular flexibility index (Phi) is 3.89. The van der Waals surface area contributed by atoms with Gasteiger partial charge in [-0.25, -0.2) is 5.84 Å². The Balaban J connectivity index is 2.76. The molecule has 0 fully saturated rings. The predicted molar refractivity (Wildman–Crippen MR) is 50.5 cm³/mol. The molecule has 0 amide bonds. The molecule has 1 aliphatic rings. The second-order valence-corrected chi connectivity index (χ2v) is 3.03. The second kappa shape index (κ2) is 4.96. The predicted octanol–water partition coefficient (Wildman–Crippen LogP) is -0.137. The smallest absolute Gasteiger partial charge is 0.174 e. The minimum atomic E-state index is -0.0187. The van der Waals surface area contributed by atoms with Crippen LogP contribution in [0.3, 0.4) is 0 Å². The van der Waals surface area contributed by atoms with Gasteiger partial charge < -0.3 is 4.84 Å². The molecule has 0 unspecified atom stereocenters. The number of oxime groups is 1. The molecule has 14 heavy (non-hydrogen) atoms. The van der Waals surface area contributed by atoms with Crippen LogP contribution in [0.15, 0.2) is 16.3 Å². The first kappa shape index (κ1) is 11.0. The van der Waals surface area contributed by atoms with Crippen LogP contribution in [0, 0.1) is 0 Å². The van der Waals surface area contributed by atoms with E-state index in [1.54, 1.807) is 6.92 Å². The van der Waals surface area contributed by atoms with Crippen molar-refractivity contribution in [3.63, 3.8) is 0 Å². The molecule has 0 aromatic carbocycles. The van der Waals surface area contributed by atoms with Crippen LogP contribution in [0.4, 0.5) is 0 Å². The van der Waals surface area contributed by atoms with Gasteiger partial charge in [-0.2, -0.15) is 5.17 Å². The van der Waals surface area contributed by atoms with Crippen LogP contribution < -0.4 is 5.84 Å². The van der Waals surface area contributed by atoms with Crippen LogP contribution in [-0.4, -0.2) is 33.5 Å². The molecular weight excluding hydrogens is 208 g/mol. The number of rotatable bonds is 4. The van der Waals surface area contributed by atoms with Crippen molar-refractivity contribution in [3.8, 4) is 0 Å². The molecule has 1 rings (SSSR count). The topological polar surface area (TPSA) is 91.4 Å². The van der Waals surface area contributed by atoms with Crippen molar-refractivity contribution in [1.82, 2.24) is 9.70 Å². The van der Waals surface area contributed by atoms with E-state index in [1.807, 2.05) is 0 Å². The summed E-state index contributed by atoms with van der Waals surface area (Å²) < 4.78 is 0.945. The quantitative estimate of drug-likeness (QED) is 0.223. The summed E-state index contributed by atoms with van der Waals surface area (Å²) in [4.78, 5) is 15.3. The lowest BCUT2D eigenvalue weighted by Crippen LogP contribution is -2.37. The summed E-state index contributed by atoms with van der Waals surface area (Å²) in [6.07, 6.45) is 0.477. The highest BCUT2D eigenvalue weighted by atomic mass is 32.2. The highest BCUT2D eigenvalue weighted by Gasteiger charge is 2.25. The molecule has 0 saturated carbocycles. The number of nitrogens with two attached hydrogens (primary N) is 1. The van der Waals surface area contributed by atoms with Gasteiger partial charge in [0.1, 0.15) is 12.3 Å². The van der Waals surface area contributed by atoms with Crippen molar-refractivity contribution < 1.29 is 14.8 Å². The largest absolute Gasteiger partial charge is 0.395 e. The lowest BCUT2D eigenvalue weighted by molar-refractivity contribution is -0.159. The number of hydrogen-bond acceptors (Lipinski definition) is 8. The third-order valence-electron chi connectivity index (χ3n) is 1.34. The van der Waals surface area contributed by atoms with Gasteiger partial charge in [0.15, 0.2) is 12.0 Å². The van der Waals surface area contributed by atoms with Gasteiger partial charge in [-0.3, -0.25) is 10.0 Å². The van der Waals surface area contributed by atoms with Crippen molar-refractivity contribution in [2.75, 3.05) is 6.61 Å². The van der Waals surface area contributed by atoms with Crippen LogP contribution in [0.25, 0.3) is 0 Å². The van der Waals surface area contributed by atoms with Gasteiger partial charge in [-0.15, -0.1) is 0 Å². The maximum absolute atomic E-state index is 10.6. The average Bonchev–Trinajstić information content (AvgIpc) is 2.51. The summed E-state index contributed by atoms with van der Waals surface area (Å²) in [5.74, 6) is 5.30. The Labute approximate surface area is 84.8 Å². The minimum Gasteiger partial charge on any atom is -0.395 e. The zero-order valence-electron chi connectivity index (χ0n) is 7.45. The normalized spacial score (nSPS) is 18.4. The fraction of sp³-hybridized carbons (Fsp3) is 0.333. The zero-order chi connectivity index (χ0) is 10.6. The molecule has 3 N–H and O–H groups in total. The molecule has 0 bridgehead atoms. The molecular formula is C6H10N4O3S. The van der Waals surface area contributed by atoms with Crippen LogP contribution in [-0.2, 0) is 9.63 Å². The van der Waals surface area contributed by atoms with Gasteiger partial charge in [0.05, 0.1) is 0 Å². The summed E-state index contributed by atoms with van der Waals surface area (Å²) >= 11 is 1.02. The fourth-order valence-electron chi connectivity index (χ4n) is 0.727. The number of nitrogens with zero attached hydrogens (tertiary/aromatic N) is 3. The SMILES string of the molecule is CCO/N=C(\C=O)C1=CSN(N)N1O. The molecule has 0 aliphatic carbocycles. The highest BCUT2D eigenvalue weighted by Crippen LogP contribution is 2.24. The number of aldehydes is 1. The summed E-state index contributed by atoms with van der Waals surface area (Å²) in [7, 11) is 0. The van der Waals surface area contributed by atoms with E-state index in [9.17, 15) is 10.0 Å². The van der Waals surface area contributed by atoms with Crippen molar-refractivity contribution in [1.29, 1.82) is 0 Å². The molecule has 0 saturated heterocycles. The van der Waals surface area contributed by atoms with Gasteiger partial charge in [-0.1, -0.05) is 9.68 Å². The lowest BCUT2D eigenvalue weighted by Gasteiger charge is -2.18. The first-order valence-corrected chi connectivity index (χ1v) is 4.60. The summed E-state index contributed by atoms with van der Waals surface area (Å²) in [6, 6.07) is 0. The molecule has 0 atom stereocenters. The number of hydrazine groups is 2. The Morgan fingerprint density at radius 2 is 2.64 bits per heavy atom. The minimum absolute atomic E-state index is 0.0187. The monoisotopic (exact) mass is 218 g/mol. The third kappa shape index (κ3) is 2.23. The Hall–Kier alpha value is -1.09. The van der Waals surface area contributed by atoms with E-state index in [4.69, 9.17) is 10.7 Å². The summed E-state index contributed by atoms with van der Waals surface area (Å²) in [5, 5.41) is 14.9. The van der Waals surface area contributed by atoms with E-state index in [0.29, 0.717) is 18.1 Å². The van der Waals surface area contributed by atoms with E-state index in [2.05, 4.69) is 5.16 Å². The third-order valence-corrected chi connectivity index (χ3v) is 2.04. The van der Waals surface area contributed by atoms with Crippen LogP contribution in [0.1, 0.15) is 6.92 Å². The van der Waals surface area contributed by atoms with Crippen LogP contribution in [0.2, 0.25) is 0 Å². The summed E-state index contributed by atoms with van der Waals surface area (Å²) in [5.41, 5.74) is 0.163. The first-order chi connectivity index (χ1) is 6.70. The van der Waals surface area contributed by atoms with Gasteiger partial charge in [0.25, 0.3) is 0 Å².